The summed E-state index contributed by atoms with van der Waals surface area (Å²) < 4.78 is 6.42. The largest absolute Gasteiger partial charge is 0.447 e. The lowest BCUT2D eigenvalue weighted by Crippen LogP contribution is -2.37. The summed E-state index contributed by atoms with van der Waals surface area (Å²) in [6.45, 7) is 6.24. The molecule has 0 fully saturated rings. The van der Waals surface area contributed by atoms with Gasteiger partial charge in [0.15, 0.2) is 5.69 Å². The number of nitriles is 1. The van der Waals surface area contributed by atoms with Gasteiger partial charge in [0.05, 0.1) is 17.3 Å². The first-order chi connectivity index (χ1) is 16.0. The fourth-order valence-corrected chi connectivity index (χ4v) is 4.29. The molecule has 4 rings (SSSR count). The van der Waals surface area contributed by atoms with Crippen LogP contribution in [0.1, 0.15) is 51.0 Å². The van der Waals surface area contributed by atoms with Crippen LogP contribution in [-0.2, 0) is 4.79 Å². The molecule has 7 nitrogen and oxygen atoms in total. The zero-order valence-electron chi connectivity index (χ0n) is 18.9. The number of anilines is 1. The van der Waals surface area contributed by atoms with Crippen LogP contribution in [-0.4, -0.2) is 26.8 Å². The van der Waals surface area contributed by atoms with E-state index in [2.05, 4.69) is 35.1 Å². The highest BCUT2D eigenvalue weighted by molar-refractivity contribution is 7.99. The average Bonchev–Trinajstić information content (AvgIpc) is 2.97. The van der Waals surface area contributed by atoms with Crippen molar-refractivity contribution in [2.24, 2.45) is 5.92 Å². The van der Waals surface area contributed by atoms with Crippen molar-refractivity contribution >= 4 is 23.4 Å². The van der Waals surface area contributed by atoms with Gasteiger partial charge in [-0.15, -0.1) is 10.2 Å². The minimum atomic E-state index is -0.751. The van der Waals surface area contributed by atoms with E-state index in [0.29, 0.717) is 46.7 Å². The van der Waals surface area contributed by atoms with Gasteiger partial charge in [0, 0.05) is 23.3 Å². The minimum Gasteiger partial charge on any atom is -0.447 e. The van der Waals surface area contributed by atoms with E-state index in [1.807, 2.05) is 43.3 Å². The molecule has 0 spiro atoms. The highest BCUT2D eigenvalue weighted by atomic mass is 32.2. The number of ether oxygens (including phenoxy) is 1. The Balaban J connectivity index is 1.87. The number of para-hydroxylation sites is 1. The SMILES string of the molecule is CCCC(=O)N1c2ccccc2-c2nnc(SCC(C)C)nc2O[C@@H]1c1ccc(C#N)cc1. The minimum absolute atomic E-state index is 0.0607. The predicted octanol–water partition coefficient (Wildman–Crippen LogP) is 5.38. The van der Waals surface area contributed by atoms with Gasteiger partial charge in [0.1, 0.15) is 0 Å². The fourth-order valence-electron chi connectivity index (χ4n) is 3.56. The Hall–Kier alpha value is -3.44. The number of fused-ring (bicyclic) bond motifs is 3. The second-order valence-corrected chi connectivity index (χ2v) is 9.18. The van der Waals surface area contributed by atoms with Crippen molar-refractivity contribution in [2.45, 2.75) is 45.0 Å². The number of carbonyl (C=O) groups is 1. The molecule has 0 radical (unpaired) electrons. The van der Waals surface area contributed by atoms with E-state index >= 15 is 0 Å². The quantitative estimate of drug-likeness (QED) is 0.457. The highest BCUT2D eigenvalue weighted by Gasteiger charge is 2.35. The van der Waals surface area contributed by atoms with Crippen LogP contribution in [0.15, 0.2) is 53.7 Å². The molecule has 1 aliphatic heterocycles. The predicted molar refractivity (Wildman–Crippen MR) is 128 cm³/mol. The van der Waals surface area contributed by atoms with Crippen LogP contribution in [0.4, 0.5) is 5.69 Å². The number of benzene rings is 2. The van der Waals surface area contributed by atoms with Gasteiger partial charge in [0.25, 0.3) is 0 Å². The number of aromatic nitrogens is 3. The van der Waals surface area contributed by atoms with E-state index in [1.54, 1.807) is 17.0 Å². The first-order valence-electron chi connectivity index (χ1n) is 11.0. The third-order valence-corrected chi connectivity index (χ3v) is 6.38. The molecule has 1 aromatic heterocycles. The molecule has 0 bridgehead atoms. The Morgan fingerprint density at radius 1 is 1.18 bits per heavy atom. The number of nitrogens with zero attached hydrogens (tertiary/aromatic N) is 5. The Morgan fingerprint density at radius 3 is 2.64 bits per heavy atom. The van der Waals surface area contributed by atoms with Crippen molar-refractivity contribution in [3.63, 3.8) is 0 Å². The van der Waals surface area contributed by atoms with Gasteiger partial charge in [-0.1, -0.05) is 62.9 Å². The van der Waals surface area contributed by atoms with Crippen molar-refractivity contribution in [1.29, 1.82) is 5.26 Å². The number of hydrogen-bond donors (Lipinski definition) is 0. The van der Waals surface area contributed by atoms with Crippen LogP contribution in [0.25, 0.3) is 11.3 Å². The second kappa shape index (κ2) is 10.0. The van der Waals surface area contributed by atoms with E-state index in [1.165, 1.54) is 11.8 Å². The van der Waals surface area contributed by atoms with Gasteiger partial charge in [-0.2, -0.15) is 10.2 Å². The van der Waals surface area contributed by atoms with Crippen molar-refractivity contribution in [1.82, 2.24) is 15.2 Å². The Labute approximate surface area is 197 Å². The van der Waals surface area contributed by atoms with Crippen LogP contribution in [0.2, 0.25) is 0 Å². The maximum Gasteiger partial charge on any atom is 0.247 e. The molecule has 8 heteroatoms. The van der Waals surface area contributed by atoms with Gasteiger partial charge >= 0.3 is 0 Å². The zero-order valence-corrected chi connectivity index (χ0v) is 19.7. The van der Waals surface area contributed by atoms with E-state index < -0.39 is 6.23 Å². The summed E-state index contributed by atoms with van der Waals surface area (Å²) >= 11 is 1.53. The van der Waals surface area contributed by atoms with Crippen molar-refractivity contribution in [3.8, 4) is 23.2 Å². The lowest BCUT2D eigenvalue weighted by atomic mass is 10.1. The van der Waals surface area contributed by atoms with Crippen LogP contribution in [0.3, 0.4) is 0 Å². The van der Waals surface area contributed by atoms with Crippen LogP contribution < -0.4 is 9.64 Å². The molecule has 0 saturated carbocycles. The second-order valence-electron chi connectivity index (χ2n) is 8.19. The van der Waals surface area contributed by atoms with Crippen molar-refractivity contribution in [3.05, 3.63) is 59.7 Å². The lowest BCUT2D eigenvalue weighted by molar-refractivity contribution is -0.120. The number of rotatable bonds is 6. The summed E-state index contributed by atoms with van der Waals surface area (Å²) in [6.07, 6.45) is 0.326. The average molecular weight is 460 g/mol. The molecule has 3 aromatic rings. The molecule has 1 aliphatic rings. The molecule has 0 unspecified atom stereocenters. The summed E-state index contributed by atoms with van der Waals surface area (Å²) in [5, 5.41) is 18.5. The standard InChI is InChI=1S/C25H25N5O2S/c1-4-7-21(31)30-20-9-6-5-8-19(20)22-23(27-25(29-28-22)33-15-16(2)3)32-24(30)18-12-10-17(14-26)11-13-18/h5-6,8-13,16,24H,4,7,15H2,1-3H3/t24-/m1/s1. The molecule has 2 heterocycles. The molecule has 1 amide bonds. The first kappa shape index (κ1) is 22.7. The third-order valence-electron chi connectivity index (χ3n) is 5.12. The van der Waals surface area contributed by atoms with Crippen LogP contribution in [0.5, 0.6) is 5.88 Å². The fraction of sp³-hybridized carbons (Fsp3) is 0.320. The summed E-state index contributed by atoms with van der Waals surface area (Å²) in [5.41, 5.74) is 3.23. The topological polar surface area (TPSA) is 92.0 Å². The zero-order chi connectivity index (χ0) is 23.4. The maximum absolute atomic E-state index is 13.3. The summed E-state index contributed by atoms with van der Waals surface area (Å²) in [5.74, 6) is 1.61. The molecule has 0 saturated heterocycles. The third kappa shape index (κ3) is 4.83. The highest BCUT2D eigenvalue weighted by Crippen LogP contribution is 2.43. The normalized spacial score (nSPS) is 14.6. The van der Waals surface area contributed by atoms with Crippen LogP contribution in [0, 0.1) is 17.2 Å². The van der Waals surface area contributed by atoms with E-state index in [0.717, 1.165) is 16.9 Å². The molecular weight excluding hydrogens is 434 g/mol. The molecule has 33 heavy (non-hydrogen) atoms. The summed E-state index contributed by atoms with van der Waals surface area (Å²) in [4.78, 5) is 19.7. The van der Waals surface area contributed by atoms with E-state index in [9.17, 15) is 10.1 Å². The summed E-state index contributed by atoms with van der Waals surface area (Å²) in [7, 11) is 0. The van der Waals surface area contributed by atoms with Crippen LogP contribution >= 0.6 is 11.8 Å². The monoisotopic (exact) mass is 459 g/mol. The molecule has 2 aromatic carbocycles. The number of amides is 1. The van der Waals surface area contributed by atoms with Gasteiger partial charge in [-0.3, -0.25) is 9.69 Å². The van der Waals surface area contributed by atoms with E-state index in [-0.39, 0.29) is 5.91 Å². The Bertz CT molecular complexity index is 1190. The molecule has 1 atom stereocenters. The van der Waals surface area contributed by atoms with Crippen molar-refractivity contribution < 1.29 is 9.53 Å². The molecule has 0 N–H and O–H groups in total. The first-order valence-corrected chi connectivity index (χ1v) is 12.0. The van der Waals surface area contributed by atoms with Gasteiger partial charge in [0.2, 0.25) is 23.2 Å². The van der Waals surface area contributed by atoms with Gasteiger partial charge < -0.3 is 4.74 Å². The summed E-state index contributed by atoms with van der Waals surface area (Å²) in [6, 6.07) is 16.8. The Morgan fingerprint density at radius 2 is 1.94 bits per heavy atom. The maximum atomic E-state index is 13.3. The van der Waals surface area contributed by atoms with Crippen molar-refractivity contribution in [2.75, 3.05) is 10.7 Å². The van der Waals surface area contributed by atoms with Gasteiger partial charge in [-0.25, -0.2) is 0 Å². The number of carbonyl (C=O) groups excluding carboxylic acids is 1. The molecular formula is C25H25N5O2S. The number of thioether (sulfide) groups is 1. The molecule has 0 aliphatic carbocycles. The number of hydrogen-bond acceptors (Lipinski definition) is 7. The molecule has 168 valence electrons. The Kier molecular flexibility index (Phi) is 6.90. The smallest absolute Gasteiger partial charge is 0.247 e. The lowest BCUT2D eigenvalue weighted by Gasteiger charge is -2.31. The van der Waals surface area contributed by atoms with E-state index in [4.69, 9.17) is 4.74 Å². The van der Waals surface area contributed by atoms with Gasteiger partial charge in [-0.05, 0) is 30.5 Å².